The van der Waals surface area contributed by atoms with Crippen molar-refractivity contribution < 1.29 is 22.7 Å². The Morgan fingerprint density at radius 2 is 2.00 bits per heavy atom. The molecule has 0 saturated heterocycles. The molecule has 1 aromatic carbocycles. The molecule has 100 valence electrons. The number of alkyl halides is 3. The third-order valence-corrected chi connectivity index (χ3v) is 2.43. The lowest BCUT2D eigenvalue weighted by Crippen LogP contribution is -2.08. The molecule has 0 aliphatic carbocycles. The van der Waals surface area contributed by atoms with Gasteiger partial charge >= 0.3 is 12.1 Å². The van der Waals surface area contributed by atoms with Gasteiger partial charge in [-0.25, -0.2) is 0 Å². The summed E-state index contributed by atoms with van der Waals surface area (Å²) in [4.78, 5) is 11.1. The number of hydrogen-bond donors (Lipinski definition) is 0. The average molecular weight is 281 g/mol. The first-order valence-electron chi connectivity index (χ1n) is 5.35. The highest BCUT2D eigenvalue weighted by atomic mass is 35.5. The number of rotatable bonds is 4. The second kappa shape index (κ2) is 6.09. The van der Waals surface area contributed by atoms with E-state index in [-0.39, 0.29) is 24.5 Å². The highest BCUT2D eigenvalue weighted by molar-refractivity contribution is 6.30. The van der Waals surface area contributed by atoms with Crippen LogP contribution in [-0.2, 0) is 22.1 Å². The van der Waals surface area contributed by atoms with Crippen molar-refractivity contribution in [3.8, 4) is 0 Å². The zero-order valence-electron chi connectivity index (χ0n) is 9.68. The molecule has 6 heteroatoms. The number of hydrogen-bond acceptors (Lipinski definition) is 2. The predicted octanol–water partition coefficient (Wildman–Crippen LogP) is 3.85. The topological polar surface area (TPSA) is 26.3 Å². The minimum atomic E-state index is -4.44. The summed E-state index contributed by atoms with van der Waals surface area (Å²) in [5, 5.41) is 0.00341. The molecule has 0 atom stereocenters. The minimum absolute atomic E-state index is 0.00341. The van der Waals surface area contributed by atoms with Crippen molar-refractivity contribution in [1.82, 2.24) is 0 Å². The van der Waals surface area contributed by atoms with Gasteiger partial charge in [0.2, 0.25) is 0 Å². The molecule has 1 rings (SSSR count). The van der Waals surface area contributed by atoms with Crippen molar-refractivity contribution in [2.45, 2.75) is 25.9 Å². The third kappa shape index (κ3) is 4.56. The van der Waals surface area contributed by atoms with Crippen molar-refractivity contribution in [2.24, 2.45) is 0 Å². The second-order valence-corrected chi connectivity index (χ2v) is 4.09. The van der Waals surface area contributed by atoms with Crippen LogP contribution in [0.4, 0.5) is 13.2 Å². The zero-order valence-corrected chi connectivity index (χ0v) is 10.4. The summed E-state index contributed by atoms with van der Waals surface area (Å²) < 4.78 is 42.2. The molecule has 18 heavy (non-hydrogen) atoms. The van der Waals surface area contributed by atoms with Crippen molar-refractivity contribution in [2.75, 3.05) is 6.61 Å². The molecule has 0 heterocycles. The quantitative estimate of drug-likeness (QED) is 0.783. The number of benzene rings is 1. The molecule has 0 saturated carbocycles. The highest BCUT2D eigenvalue weighted by Crippen LogP contribution is 2.32. The normalized spacial score (nSPS) is 11.4. The van der Waals surface area contributed by atoms with Crippen LogP contribution >= 0.6 is 11.6 Å². The van der Waals surface area contributed by atoms with Gasteiger partial charge < -0.3 is 4.74 Å². The fourth-order valence-corrected chi connectivity index (χ4v) is 1.70. The third-order valence-electron chi connectivity index (χ3n) is 2.21. The van der Waals surface area contributed by atoms with Crippen molar-refractivity contribution in [1.29, 1.82) is 0 Å². The summed E-state index contributed by atoms with van der Waals surface area (Å²) in [6.07, 6.45) is -4.24. The first-order chi connectivity index (χ1) is 8.32. The van der Waals surface area contributed by atoms with Gasteiger partial charge in [0, 0.05) is 11.4 Å². The smallest absolute Gasteiger partial charge is 0.416 e. The fourth-order valence-electron chi connectivity index (χ4n) is 1.44. The molecule has 0 bridgehead atoms. The summed E-state index contributed by atoms with van der Waals surface area (Å²) in [5.41, 5.74) is -0.447. The maximum absolute atomic E-state index is 12.5. The summed E-state index contributed by atoms with van der Waals surface area (Å²) in [5.74, 6) is -0.439. The van der Waals surface area contributed by atoms with Gasteiger partial charge in [0.1, 0.15) is 0 Å². The van der Waals surface area contributed by atoms with Crippen molar-refractivity contribution >= 4 is 17.6 Å². The van der Waals surface area contributed by atoms with Crippen molar-refractivity contribution in [3.63, 3.8) is 0 Å². The first-order valence-corrected chi connectivity index (χ1v) is 5.73. The van der Waals surface area contributed by atoms with E-state index in [0.717, 1.165) is 12.1 Å². The van der Waals surface area contributed by atoms with Crippen LogP contribution in [0.25, 0.3) is 0 Å². The van der Waals surface area contributed by atoms with Crippen LogP contribution in [-0.4, -0.2) is 12.6 Å². The zero-order chi connectivity index (χ0) is 13.8. The number of carbonyl (C=O) groups excluding carboxylic acids is 1. The molecule has 2 nitrogen and oxygen atoms in total. The molecule has 0 aliphatic rings. The number of aryl methyl sites for hydroxylation is 1. The van der Waals surface area contributed by atoms with Gasteiger partial charge in [-0.2, -0.15) is 13.2 Å². The van der Waals surface area contributed by atoms with Gasteiger partial charge in [0.15, 0.2) is 0 Å². The van der Waals surface area contributed by atoms with Gasteiger partial charge in [0.25, 0.3) is 0 Å². The lowest BCUT2D eigenvalue weighted by Gasteiger charge is -2.09. The Hall–Kier alpha value is -1.23. The van der Waals surface area contributed by atoms with E-state index >= 15 is 0 Å². The van der Waals surface area contributed by atoms with E-state index in [1.807, 2.05) is 0 Å². The van der Waals surface area contributed by atoms with Crippen LogP contribution in [0.3, 0.4) is 0 Å². The van der Waals surface area contributed by atoms with E-state index in [0.29, 0.717) is 5.56 Å². The summed E-state index contributed by atoms with van der Waals surface area (Å²) in [6, 6.07) is 3.26. The Morgan fingerprint density at radius 1 is 1.33 bits per heavy atom. The number of ether oxygens (including phenoxy) is 1. The van der Waals surface area contributed by atoms with Crippen LogP contribution in [0.5, 0.6) is 0 Å². The Labute approximate surface area is 108 Å². The van der Waals surface area contributed by atoms with Crippen molar-refractivity contribution in [3.05, 3.63) is 34.3 Å². The van der Waals surface area contributed by atoms with Gasteiger partial charge in [0.05, 0.1) is 12.2 Å². The minimum Gasteiger partial charge on any atom is -0.466 e. The lowest BCUT2D eigenvalue weighted by atomic mass is 10.1. The molecule has 0 spiro atoms. The Bertz CT molecular complexity index is 430. The Balaban J connectivity index is 2.78. The Morgan fingerprint density at radius 3 is 2.56 bits per heavy atom. The van der Waals surface area contributed by atoms with Gasteiger partial charge in [-0.1, -0.05) is 11.6 Å². The van der Waals surface area contributed by atoms with E-state index < -0.39 is 17.7 Å². The second-order valence-electron chi connectivity index (χ2n) is 3.65. The predicted molar refractivity (Wildman–Crippen MR) is 61.4 cm³/mol. The molecular formula is C12H12ClF3O2. The van der Waals surface area contributed by atoms with Gasteiger partial charge in [-0.05, 0) is 37.1 Å². The van der Waals surface area contributed by atoms with Crippen LogP contribution in [0.2, 0.25) is 5.02 Å². The van der Waals surface area contributed by atoms with E-state index in [9.17, 15) is 18.0 Å². The summed E-state index contributed by atoms with van der Waals surface area (Å²) in [6.45, 7) is 1.92. The average Bonchev–Trinajstić information content (AvgIpc) is 2.25. The SMILES string of the molecule is CCOC(=O)CCc1cc(Cl)cc(C(F)(F)F)c1. The molecule has 0 amide bonds. The van der Waals surface area contributed by atoms with Crippen LogP contribution < -0.4 is 0 Å². The molecule has 0 radical (unpaired) electrons. The lowest BCUT2D eigenvalue weighted by molar-refractivity contribution is -0.143. The molecule has 0 fully saturated rings. The number of carbonyl (C=O) groups is 1. The number of esters is 1. The number of halogens is 4. The van der Waals surface area contributed by atoms with E-state index in [1.54, 1.807) is 6.92 Å². The molecule has 1 aromatic rings. The van der Waals surface area contributed by atoms with Gasteiger partial charge in [-0.15, -0.1) is 0 Å². The molecule has 0 aliphatic heterocycles. The van der Waals surface area contributed by atoms with Crippen LogP contribution in [0, 0.1) is 0 Å². The monoisotopic (exact) mass is 280 g/mol. The van der Waals surface area contributed by atoms with Crippen LogP contribution in [0.1, 0.15) is 24.5 Å². The standard InChI is InChI=1S/C12H12ClF3O2/c1-2-18-11(17)4-3-8-5-9(12(14,15)16)7-10(13)6-8/h5-7H,2-4H2,1H3. The van der Waals surface area contributed by atoms with E-state index in [4.69, 9.17) is 16.3 Å². The molecular weight excluding hydrogens is 269 g/mol. The summed E-state index contributed by atoms with van der Waals surface area (Å²) in [7, 11) is 0. The highest BCUT2D eigenvalue weighted by Gasteiger charge is 2.31. The molecule has 0 N–H and O–H groups in total. The maximum Gasteiger partial charge on any atom is 0.416 e. The summed E-state index contributed by atoms with van der Waals surface area (Å²) >= 11 is 5.62. The van der Waals surface area contributed by atoms with Crippen LogP contribution in [0.15, 0.2) is 18.2 Å². The Kier molecular flexibility index (Phi) is 5.02. The largest absolute Gasteiger partial charge is 0.466 e. The first kappa shape index (κ1) is 14.8. The molecule has 0 aromatic heterocycles. The van der Waals surface area contributed by atoms with E-state index in [2.05, 4.69) is 0 Å². The maximum atomic E-state index is 12.5. The van der Waals surface area contributed by atoms with Gasteiger partial charge in [-0.3, -0.25) is 4.79 Å². The molecule has 0 unspecified atom stereocenters. The fraction of sp³-hybridized carbons (Fsp3) is 0.417. The van der Waals surface area contributed by atoms with E-state index in [1.165, 1.54) is 6.07 Å².